The first-order valence-electron chi connectivity index (χ1n) is 9.53. The fourth-order valence-corrected chi connectivity index (χ4v) is 4.08. The zero-order valence-corrected chi connectivity index (χ0v) is 15.6. The molecule has 0 atom stereocenters. The molecule has 2 heterocycles. The number of likely N-dealkylation sites (tertiary alicyclic amines) is 2. The molecule has 4 nitrogen and oxygen atoms in total. The van der Waals surface area contributed by atoms with Crippen molar-refractivity contribution in [3.63, 3.8) is 0 Å². The number of carbonyl (C=O) groups excluding carboxylic acids is 1. The van der Waals surface area contributed by atoms with Gasteiger partial charge in [0.25, 0.3) is 0 Å². The van der Waals surface area contributed by atoms with Crippen LogP contribution in [0, 0.1) is 5.82 Å². The molecule has 0 aliphatic carbocycles. The molecule has 0 radical (unpaired) electrons. The molecule has 0 spiro atoms. The van der Waals surface area contributed by atoms with E-state index in [1.807, 2.05) is 23.1 Å². The maximum atomic E-state index is 13.8. The van der Waals surface area contributed by atoms with E-state index in [4.69, 9.17) is 4.74 Å². The highest BCUT2D eigenvalue weighted by Gasteiger charge is 2.47. The molecule has 2 fully saturated rings. The molecule has 2 saturated heterocycles. The molecule has 2 aliphatic rings. The van der Waals surface area contributed by atoms with Crippen molar-refractivity contribution in [2.24, 2.45) is 0 Å². The zero-order valence-electron chi connectivity index (χ0n) is 15.6. The summed E-state index contributed by atoms with van der Waals surface area (Å²) in [4.78, 5) is 17.6. The molecule has 0 unspecified atom stereocenters. The third kappa shape index (κ3) is 3.44. The van der Waals surface area contributed by atoms with Crippen molar-refractivity contribution < 1.29 is 13.9 Å². The molecular formula is C22H25FN2O2. The summed E-state index contributed by atoms with van der Waals surface area (Å²) in [6, 6.07) is 16.5. The van der Waals surface area contributed by atoms with E-state index in [1.165, 1.54) is 6.07 Å². The van der Waals surface area contributed by atoms with Crippen LogP contribution >= 0.6 is 0 Å². The van der Waals surface area contributed by atoms with Crippen molar-refractivity contribution in [1.29, 1.82) is 0 Å². The molecule has 4 rings (SSSR count). The van der Waals surface area contributed by atoms with E-state index in [2.05, 4.69) is 24.1 Å². The molecule has 0 bridgehead atoms. The third-order valence-electron chi connectivity index (χ3n) is 5.84. The van der Waals surface area contributed by atoms with Crippen molar-refractivity contribution in [3.05, 3.63) is 66.0 Å². The van der Waals surface area contributed by atoms with E-state index in [9.17, 15) is 9.18 Å². The third-order valence-corrected chi connectivity index (χ3v) is 5.84. The fourth-order valence-electron chi connectivity index (χ4n) is 4.08. The summed E-state index contributed by atoms with van der Waals surface area (Å²) in [5.74, 6) is 0.0696. The van der Waals surface area contributed by atoms with Crippen LogP contribution in [-0.2, 0) is 10.2 Å². The van der Waals surface area contributed by atoms with E-state index in [1.54, 1.807) is 18.2 Å². The van der Waals surface area contributed by atoms with Gasteiger partial charge in [0, 0.05) is 0 Å². The Bertz CT molecular complexity index is 797. The molecule has 142 valence electrons. The van der Waals surface area contributed by atoms with Crippen molar-refractivity contribution >= 4 is 5.91 Å². The van der Waals surface area contributed by atoms with Gasteiger partial charge >= 0.3 is 0 Å². The summed E-state index contributed by atoms with van der Waals surface area (Å²) >= 11 is 0. The van der Waals surface area contributed by atoms with Crippen LogP contribution in [0.4, 0.5) is 4.39 Å². The molecule has 5 heteroatoms. The number of rotatable bonds is 4. The van der Waals surface area contributed by atoms with Gasteiger partial charge in [-0.25, -0.2) is 4.39 Å². The average molecular weight is 368 g/mol. The normalized spacial score (nSPS) is 20.1. The maximum Gasteiger partial charge on any atom is 0.233 e. The molecule has 2 aromatic rings. The highest BCUT2D eigenvalue weighted by atomic mass is 19.1. The Kier molecular flexibility index (Phi) is 4.87. The number of piperidine rings is 1. The van der Waals surface area contributed by atoms with Crippen LogP contribution in [0.5, 0.6) is 5.75 Å². The molecule has 2 aromatic carbocycles. The number of hydrogen-bond donors (Lipinski definition) is 0. The highest BCUT2D eigenvalue weighted by Crippen LogP contribution is 2.38. The average Bonchev–Trinajstić information content (AvgIpc) is 2.67. The molecule has 2 aliphatic heterocycles. The molecule has 1 amide bonds. The van der Waals surface area contributed by atoms with Crippen LogP contribution < -0.4 is 4.74 Å². The van der Waals surface area contributed by atoms with E-state index in [0.29, 0.717) is 13.1 Å². The number of para-hydroxylation sites is 1. The zero-order chi connectivity index (χ0) is 18.9. The Morgan fingerprint density at radius 1 is 1.04 bits per heavy atom. The molecule has 0 saturated carbocycles. The second kappa shape index (κ2) is 7.31. The minimum Gasteiger partial charge on any atom is -0.484 e. The second-order valence-corrected chi connectivity index (χ2v) is 7.63. The first-order valence-corrected chi connectivity index (χ1v) is 9.53. The first-order chi connectivity index (χ1) is 13.1. The maximum absolute atomic E-state index is 13.8. The van der Waals surface area contributed by atoms with Gasteiger partial charge in [-0.3, -0.25) is 4.79 Å². The van der Waals surface area contributed by atoms with Crippen molar-refractivity contribution in [2.75, 3.05) is 33.2 Å². The van der Waals surface area contributed by atoms with Gasteiger partial charge in [0.2, 0.25) is 5.91 Å². The van der Waals surface area contributed by atoms with Gasteiger partial charge in [-0.1, -0.05) is 42.5 Å². The summed E-state index contributed by atoms with van der Waals surface area (Å²) in [5.41, 5.74) is 0.637. The summed E-state index contributed by atoms with van der Waals surface area (Å²) < 4.78 is 19.5. The Morgan fingerprint density at radius 2 is 1.67 bits per heavy atom. The highest BCUT2D eigenvalue weighted by molar-refractivity contribution is 5.89. The molecule has 0 N–H and O–H groups in total. The van der Waals surface area contributed by atoms with Crippen molar-refractivity contribution in [3.8, 4) is 5.75 Å². The second-order valence-electron chi connectivity index (χ2n) is 7.63. The topological polar surface area (TPSA) is 32.8 Å². The summed E-state index contributed by atoms with van der Waals surface area (Å²) in [6.07, 6.45) is 1.49. The minimum absolute atomic E-state index is 0.148. The summed E-state index contributed by atoms with van der Waals surface area (Å²) in [7, 11) is 2.10. The Hall–Kier alpha value is -2.40. The van der Waals surface area contributed by atoms with Crippen LogP contribution in [0.3, 0.4) is 0 Å². The lowest BCUT2D eigenvalue weighted by Gasteiger charge is -2.47. The number of nitrogens with zero attached hydrogens (tertiary/aromatic N) is 2. The molecule has 27 heavy (non-hydrogen) atoms. The van der Waals surface area contributed by atoms with Crippen molar-refractivity contribution in [2.45, 2.75) is 24.4 Å². The first kappa shape index (κ1) is 18.0. The SMILES string of the molecule is CN1CCC(C(=O)N2CC(Oc3ccccc3F)C2)(c2ccccc2)CC1. The monoisotopic (exact) mass is 368 g/mol. The lowest BCUT2D eigenvalue weighted by molar-refractivity contribution is -0.148. The Morgan fingerprint density at radius 3 is 2.33 bits per heavy atom. The van der Waals surface area contributed by atoms with Crippen LogP contribution in [0.2, 0.25) is 0 Å². The van der Waals surface area contributed by atoms with Crippen LogP contribution in [-0.4, -0.2) is 55.0 Å². The predicted octanol–water partition coefficient (Wildman–Crippen LogP) is 3.08. The minimum atomic E-state index is -0.462. The predicted molar refractivity (Wildman–Crippen MR) is 102 cm³/mol. The van der Waals surface area contributed by atoms with E-state index >= 15 is 0 Å². The quantitative estimate of drug-likeness (QED) is 0.832. The number of halogens is 1. The fraction of sp³-hybridized carbons (Fsp3) is 0.409. The van der Waals surface area contributed by atoms with Crippen LogP contribution in [0.25, 0.3) is 0 Å². The number of amides is 1. The van der Waals surface area contributed by atoms with E-state index in [-0.39, 0.29) is 23.6 Å². The Balaban J connectivity index is 1.47. The smallest absolute Gasteiger partial charge is 0.233 e. The number of carbonyl (C=O) groups is 1. The number of benzene rings is 2. The van der Waals surface area contributed by atoms with E-state index in [0.717, 1.165) is 31.5 Å². The lowest BCUT2D eigenvalue weighted by Crippen LogP contribution is -2.62. The van der Waals surface area contributed by atoms with Gasteiger partial charge < -0.3 is 14.5 Å². The lowest BCUT2D eigenvalue weighted by atomic mass is 9.71. The van der Waals surface area contributed by atoms with Gasteiger partial charge in [-0.15, -0.1) is 0 Å². The van der Waals surface area contributed by atoms with Gasteiger partial charge in [0.05, 0.1) is 18.5 Å². The van der Waals surface area contributed by atoms with Gasteiger partial charge in [0.1, 0.15) is 6.10 Å². The van der Waals surface area contributed by atoms with Gasteiger partial charge in [0.15, 0.2) is 11.6 Å². The number of ether oxygens (including phenoxy) is 1. The van der Waals surface area contributed by atoms with Gasteiger partial charge in [-0.05, 0) is 50.7 Å². The molecular weight excluding hydrogens is 343 g/mol. The summed E-state index contributed by atoms with van der Waals surface area (Å²) in [6.45, 7) is 2.84. The van der Waals surface area contributed by atoms with Crippen molar-refractivity contribution in [1.82, 2.24) is 9.80 Å². The number of hydrogen-bond acceptors (Lipinski definition) is 3. The van der Waals surface area contributed by atoms with Gasteiger partial charge in [-0.2, -0.15) is 0 Å². The standard InChI is InChI=1S/C22H25FN2O2/c1-24-13-11-22(12-14-24,17-7-3-2-4-8-17)21(26)25-15-18(16-25)27-20-10-6-5-9-19(20)23/h2-10,18H,11-16H2,1H3. The molecule has 0 aromatic heterocycles. The summed E-state index contributed by atoms with van der Waals surface area (Å²) in [5, 5.41) is 0. The van der Waals surface area contributed by atoms with Crippen LogP contribution in [0.15, 0.2) is 54.6 Å². The largest absolute Gasteiger partial charge is 0.484 e. The van der Waals surface area contributed by atoms with Crippen LogP contribution in [0.1, 0.15) is 18.4 Å². The van der Waals surface area contributed by atoms with E-state index < -0.39 is 5.41 Å². The Labute approximate surface area is 159 Å².